The normalized spacial score (nSPS) is 14.9. The maximum Gasteiger partial charge on any atom is 0.417 e. The smallest absolute Gasteiger partial charge is 0.396 e. The van der Waals surface area contributed by atoms with Gasteiger partial charge in [0, 0.05) is 19.3 Å². The Balaban J connectivity index is 1.89. The van der Waals surface area contributed by atoms with Crippen molar-refractivity contribution in [3.63, 3.8) is 0 Å². The van der Waals surface area contributed by atoms with Gasteiger partial charge in [0.25, 0.3) is 0 Å². The van der Waals surface area contributed by atoms with Crippen LogP contribution in [0.2, 0.25) is 0 Å². The fourth-order valence-corrected chi connectivity index (χ4v) is 2.57. The second-order valence-electron chi connectivity index (χ2n) is 5.07. The highest BCUT2D eigenvalue weighted by molar-refractivity contribution is 5.64. The Kier molecular flexibility index (Phi) is 3.23. The Bertz CT molecular complexity index is 667. The van der Waals surface area contributed by atoms with Crippen LogP contribution < -0.4 is 10.6 Å². The molecule has 21 heavy (non-hydrogen) atoms. The van der Waals surface area contributed by atoms with Gasteiger partial charge in [-0.1, -0.05) is 24.3 Å². The zero-order chi connectivity index (χ0) is 15.0. The van der Waals surface area contributed by atoms with Crippen LogP contribution in [0.3, 0.4) is 0 Å². The molecule has 0 bridgehead atoms. The highest BCUT2D eigenvalue weighted by Gasteiger charge is 2.32. The van der Waals surface area contributed by atoms with E-state index < -0.39 is 11.7 Å². The van der Waals surface area contributed by atoms with E-state index in [-0.39, 0.29) is 5.69 Å². The monoisotopic (exact) mass is 293 g/mol. The molecule has 2 aromatic rings. The number of hydrogen-bond donors (Lipinski definition) is 1. The van der Waals surface area contributed by atoms with E-state index in [9.17, 15) is 13.2 Å². The van der Waals surface area contributed by atoms with Crippen molar-refractivity contribution in [1.29, 1.82) is 0 Å². The molecule has 0 amide bonds. The molecule has 1 aromatic carbocycles. The summed E-state index contributed by atoms with van der Waals surface area (Å²) in [6, 6.07) is 8.96. The standard InChI is InChI=1S/C15H14F3N3/c16-15(17,18)12-7-13(19)14(20-8-12)21-6-5-10-3-1-2-4-11(10)9-21/h1-4,7-8H,5-6,9,19H2. The average Bonchev–Trinajstić information content (AvgIpc) is 2.45. The second-order valence-corrected chi connectivity index (χ2v) is 5.07. The molecular formula is C15H14F3N3. The van der Waals surface area contributed by atoms with E-state index >= 15 is 0 Å². The maximum absolute atomic E-state index is 12.6. The third-order valence-electron chi connectivity index (χ3n) is 3.65. The van der Waals surface area contributed by atoms with Crippen molar-refractivity contribution in [1.82, 2.24) is 4.98 Å². The van der Waals surface area contributed by atoms with Crippen molar-refractivity contribution >= 4 is 11.5 Å². The Morgan fingerprint density at radius 2 is 1.86 bits per heavy atom. The Hall–Kier alpha value is -2.24. The molecule has 0 radical (unpaired) electrons. The van der Waals surface area contributed by atoms with Crippen LogP contribution in [0, 0.1) is 0 Å². The Morgan fingerprint density at radius 3 is 2.52 bits per heavy atom. The molecule has 0 spiro atoms. The first-order valence-corrected chi connectivity index (χ1v) is 6.59. The minimum Gasteiger partial charge on any atom is -0.396 e. The minimum atomic E-state index is -4.42. The fourth-order valence-electron chi connectivity index (χ4n) is 2.57. The number of aromatic nitrogens is 1. The number of hydrogen-bond acceptors (Lipinski definition) is 3. The summed E-state index contributed by atoms with van der Waals surface area (Å²) in [4.78, 5) is 5.84. The molecule has 2 heterocycles. The number of rotatable bonds is 1. The summed E-state index contributed by atoms with van der Waals surface area (Å²) in [6.07, 6.45) is -2.75. The van der Waals surface area contributed by atoms with Gasteiger partial charge < -0.3 is 10.6 Å². The van der Waals surface area contributed by atoms with Crippen LogP contribution in [-0.2, 0) is 19.1 Å². The molecule has 3 nitrogen and oxygen atoms in total. The number of halogens is 3. The SMILES string of the molecule is Nc1cc(C(F)(F)F)cnc1N1CCc2ccccc2C1. The van der Waals surface area contributed by atoms with Crippen molar-refractivity contribution in [2.24, 2.45) is 0 Å². The van der Waals surface area contributed by atoms with E-state index in [1.807, 2.05) is 23.1 Å². The molecule has 1 aliphatic heterocycles. The van der Waals surface area contributed by atoms with Gasteiger partial charge in [0.2, 0.25) is 0 Å². The molecule has 0 atom stereocenters. The highest BCUT2D eigenvalue weighted by atomic mass is 19.4. The largest absolute Gasteiger partial charge is 0.417 e. The topological polar surface area (TPSA) is 42.1 Å². The van der Waals surface area contributed by atoms with Gasteiger partial charge in [0.1, 0.15) is 0 Å². The lowest BCUT2D eigenvalue weighted by atomic mass is 10.00. The number of alkyl halides is 3. The van der Waals surface area contributed by atoms with Crippen molar-refractivity contribution in [3.05, 3.63) is 53.2 Å². The molecule has 0 fully saturated rings. The van der Waals surface area contributed by atoms with Crippen LogP contribution >= 0.6 is 0 Å². The molecule has 1 aliphatic rings. The Labute approximate surface area is 120 Å². The minimum absolute atomic E-state index is 0.0595. The van der Waals surface area contributed by atoms with Gasteiger partial charge in [0.15, 0.2) is 5.82 Å². The predicted octanol–water partition coefficient (Wildman–Crippen LogP) is 3.25. The molecule has 1 aromatic heterocycles. The first-order valence-electron chi connectivity index (χ1n) is 6.59. The summed E-state index contributed by atoms with van der Waals surface area (Å²) in [6.45, 7) is 1.30. The van der Waals surface area contributed by atoms with Gasteiger partial charge in [-0.25, -0.2) is 4.98 Å². The summed E-state index contributed by atoms with van der Waals surface area (Å²) in [7, 11) is 0. The van der Waals surface area contributed by atoms with Crippen LogP contribution in [0.1, 0.15) is 16.7 Å². The number of anilines is 2. The van der Waals surface area contributed by atoms with Crippen LogP contribution in [-0.4, -0.2) is 11.5 Å². The summed E-state index contributed by atoms with van der Waals surface area (Å²) < 4.78 is 37.9. The van der Waals surface area contributed by atoms with Gasteiger partial charge in [-0.3, -0.25) is 0 Å². The predicted molar refractivity (Wildman–Crippen MR) is 74.8 cm³/mol. The lowest BCUT2D eigenvalue weighted by molar-refractivity contribution is -0.137. The van der Waals surface area contributed by atoms with E-state index in [2.05, 4.69) is 11.1 Å². The van der Waals surface area contributed by atoms with Gasteiger partial charge >= 0.3 is 6.18 Å². The van der Waals surface area contributed by atoms with E-state index in [1.54, 1.807) is 0 Å². The molecule has 0 saturated carbocycles. The molecule has 3 rings (SSSR count). The summed E-state index contributed by atoms with van der Waals surface area (Å²) in [5, 5.41) is 0. The molecule has 6 heteroatoms. The number of nitrogens with two attached hydrogens (primary N) is 1. The van der Waals surface area contributed by atoms with Crippen LogP contribution in [0.25, 0.3) is 0 Å². The van der Waals surface area contributed by atoms with Crippen molar-refractivity contribution in [2.75, 3.05) is 17.2 Å². The van der Waals surface area contributed by atoms with Crippen molar-refractivity contribution in [3.8, 4) is 0 Å². The second kappa shape index (κ2) is 4.95. The van der Waals surface area contributed by atoms with Crippen LogP contribution in [0.5, 0.6) is 0 Å². The summed E-state index contributed by atoms with van der Waals surface area (Å²) in [5.74, 6) is 0.414. The number of benzene rings is 1. The number of pyridine rings is 1. The number of nitrogens with zero attached hydrogens (tertiary/aromatic N) is 2. The van der Waals surface area contributed by atoms with Gasteiger partial charge in [0.05, 0.1) is 11.3 Å². The lowest BCUT2D eigenvalue weighted by Gasteiger charge is -2.30. The maximum atomic E-state index is 12.6. The first kappa shape index (κ1) is 13.7. The molecular weight excluding hydrogens is 279 g/mol. The van der Waals surface area contributed by atoms with Crippen molar-refractivity contribution < 1.29 is 13.2 Å². The molecule has 2 N–H and O–H groups in total. The highest BCUT2D eigenvalue weighted by Crippen LogP contribution is 2.33. The number of fused-ring (bicyclic) bond motifs is 1. The zero-order valence-corrected chi connectivity index (χ0v) is 11.2. The molecule has 0 saturated heterocycles. The van der Waals surface area contributed by atoms with Gasteiger partial charge in [-0.05, 0) is 23.6 Å². The van der Waals surface area contributed by atoms with E-state index in [0.29, 0.717) is 18.9 Å². The molecule has 0 unspecified atom stereocenters. The summed E-state index contributed by atoms with van der Waals surface area (Å²) >= 11 is 0. The van der Waals surface area contributed by atoms with E-state index in [1.165, 1.54) is 5.56 Å². The first-order chi connectivity index (χ1) is 9.95. The Morgan fingerprint density at radius 1 is 1.14 bits per heavy atom. The quantitative estimate of drug-likeness (QED) is 0.877. The lowest BCUT2D eigenvalue weighted by Crippen LogP contribution is -2.31. The van der Waals surface area contributed by atoms with Crippen LogP contribution in [0.15, 0.2) is 36.5 Å². The third kappa shape index (κ3) is 2.66. The van der Waals surface area contributed by atoms with Gasteiger partial charge in [-0.2, -0.15) is 13.2 Å². The van der Waals surface area contributed by atoms with Crippen molar-refractivity contribution in [2.45, 2.75) is 19.1 Å². The van der Waals surface area contributed by atoms with E-state index in [0.717, 1.165) is 24.2 Å². The third-order valence-corrected chi connectivity index (χ3v) is 3.65. The number of nitrogen functional groups attached to an aromatic ring is 1. The molecule has 0 aliphatic carbocycles. The summed E-state index contributed by atoms with van der Waals surface area (Å²) in [5.41, 5.74) is 7.43. The van der Waals surface area contributed by atoms with E-state index in [4.69, 9.17) is 5.73 Å². The zero-order valence-electron chi connectivity index (χ0n) is 11.2. The average molecular weight is 293 g/mol. The fraction of sp³-hybridized carbons (Fsp3) is 0.267. The molecule has 110 valence electrons. The van der Waals surface area contributed by atoms with Gasteiger partial charge in [-0.15, -0.1) is 0 Å². The van der Waals surface area contributed by atoms with Crippen LogP contribution in [0.4, 0.5) is 24.7 Å².